The number of amides is 2. The van der Waals surface area contributed by atoms with Crippen LogP contribution in [0.15, 0.2) is 83.3 Å². The summed E-state index contributed by atoms with van der Waals surface area (Å²) in [6, 6.07) is 16.6. The van der Waals surface area contributed by atoms with E-state index in [4.69, 9.17) is 26.7 Å². The van der Waals surface area contributed by atoms with E-state index in [9.17, 15) is 9.59 Å². The van der Waals surface area contributed by atoms with Crippen LogP contribution in [0.4, 0.5) is 0 Å². The fraction of sp³-hybridized carbons (Fsp3) is 0.333. The molecular formula is C30H40N6O4S. The molecule has 41 heavy (non-hydrogen) atoms. The molecule has 0 fully saturated rings. The van der Waals surface area contributed by atoms with Crippen LogP contribution in [0.2, 0.25) is 0 Å². The number of ether oxygens (including phenoxy) is 1. The Balaban J connectivity index is 1.68. The minimum absolute atomic E-state index is 0.0142. The summed E-state index contributed by atoms with van der Waals surface area (Å²) in [5.74, 6) is 0.364. The van der Waals surface area contributed by atoms with Gasteiger partial charge in [-0.2, -0.15) is 0 Å². The summed E-state index contributed by atoms with van der Waals surface area (Å²) in [6.45, 7) is 0.456. The molecule has 0 atom stereocenters. The summed E-state index contributed by atoms with van der Waals surface area (Å²) in [7, 11) is 1.66. The molecule has 0 aliphatic carbocycles. The van der Waals surface area contributed by atoms with E-state index < -0.39 is 0 Å². The number of aliphatic imine (C=N–C) groups is 1. The number of amidine groups is 1. The largest absolute Gasteiger partial charge is 0.493 e. The van der Waals surface area contributed by atoms with Gasteiger partial charge in [0, 0.05) is 25.8 Å². The van der Waals surface area contributed by atoms with Crippen LogP contribution in [-0.4, -0.2) is 47.4 Å². The summed E-state index contributed by atoms with van der Waals surface area (Å²) in [5.41, 5.74) is 14.3. The number of hydrogen-bond donors (Lipinski definition) is 6. The van der Waals surface area contributed by atoms with Crippen molar-refractivity contribution >= 4 is 33.8 Å². The van der Waals surface area contributed by atoms with Gasteiger partial charge in [0.25, 0.3) is 0 Å². The first-order valence-corrected chi connectivity index (χ1v) is 14.2. The average Bonchev–Trinajstić information content (AvgIpc) is 2.94. The smallest absolute Gasteiger partial charge is 0.230 e. The number of unbranched alkanes of at least 4 members (excludes halogenated alkanes) is 1. The number of carbonyl (C=O) groups is 2. The summed E-state index contributed by atoms with van der Waals surface area (Å²) < 4.78 is 5.55. The maximum Gasteiger partial charge on any atom is 0.230 e. The highest BCUT2D eigenvalue weighted by Gasteiger charge is 2.11. The number of benzene rings is 2. The van der Waals surface area contributed by atoms with Crippen LogP contribution in [0.1, 0.15) is 43.2 Å². The van der Waals surface area contributed by atoms with Crippen molar-refractivity contribution < 1.29 is 19.4 Å². The molecule has 0 radical (unpaired) electrons. The van der Waals surface area contributed by atoms with E-state index in [1.54, 1.807) is 37.4 Å². The lowest BCUT2D eigenvalue weighted by Crippen LogP contribution is -2.29. The van der Waals surface area contributed by atoms with Crippen LogP contribution in [0.25, 0.3) is 0 Å². The zero-order chi connectivity index (χ0) is 29.9. The molecule has 0 unspecified atom stereocenters. The molecule has 2 aromatic carbocycles. The van der Waals surface area contributed by atoms with Gasteiger partial charge < -0.3 is 31.9 Å². The number of aliphatic hydroxyl groups excluding tert-OH is 1. The van der Waals surface area contributed by atoms with Gasteiger partial charge in [0.15, 0.2) is 5.17 Å². The molecule has 0 bridgehead atoms. The molecule has 0 aromatic heterocycles. The van der Waals surface area contributed by atoms with Gasteiger partial charge in [-0.1, -0.05) is 42.5 Å². The SMILES string of the molecule is CN=C(CCCC/C(N)=C/C=C(\N)NC(=O)Cc1ccccc1)SC(=N)NC(=O)Cc1cccc(OCCCO)c1. The van der Waals surface area contributed by atoms with Crippen molar-refractivity contribution in [3.05, 3.63) is 89.4 Å². The predicted molar refractivity (Wildman–Crippen MR) is 165 cm³/mol. The normalized spacial score (nSPS) is 12.1. The molecule has 220 valence electrons. The van der Waals surface area contributed by atoms with Crippen molar-refractivity contribution in [1.82, 2.24) is 10.6 Å². The lowest BCUT2D eigenvalue weighted by molar-refractivity contribution is -0.120. The van der Waals surface area contributed by atoms with Gasteiger partial charge in [0.2, 0.25) is 11.8 Å². The second kappa shape index (κ2) is 19.1. The second-order valence-electron chi connectivity index (χ2n) is 9.13. The first-order valence-electron chi connectivity index (χ1n) is 13.4. The van der Waals surface area contributed by atoms with Gasteiger partial charge in [0.05, 0.1) is 24.5 Å². The Labute approximate surface area is 245 Å². The van der Waals surface area contributed by atoms with Crippen LogP contribution in [-0.2, 0) is 22.4 Å². The summed E-state index contributed by atoms with van der Waals surface area (Å²) in [4.78, 5) is 28.8. The molecule has 0 saturated carbocycles. The monoisotopic (exact) mass is 580 g/mol. The van der Waals surface area contributed by atoms with E-state index in [0.29, 0.717) is 37.3 Å². The molecule has 2 amide bonds. The highest BCUT2D eigenvalue weighted by atomic mass is 32.2. The van der Waals surface area contributed by atoms with Crippen LogP contribution >= 0.6 is 11.8 Å². The Morgan fingerprint density at radius 1 is 0.951 bits per heavy atom. The van der Waals surface area contributed by atoms with Crippen LogP contribution in [0, 0.1) is 5.41 Å². The molecule has 0 heterocycles. The maximum absolute atomic E-state index is 12.4. The molecule has 11 heteroatoms. The second-order valence-corrected chi connectivity index (χ2v) is 10.2. The molecular weight excluding hydrogens is 540 g/mol. The third-order valence-electron chi connectivity index (χ3n) is 5.63. The number of nitrogens with two attached hydrogens (primary N) is 2. The quantitative estimate of drug-likeness (QED) is 0.0810. The van der Waals surface area contributed by atoms with E-state index in [1.807, 2.05) is 36.4 Å². The maximum atomic E-state index is 12.4. The van der Waals surface area contributed by atoms with Crippen LogP contribution < -0.4 is 26.8 Å². The molecule has 0 saturated heterocycles. The van der Waals surface area contributed by atoms with Crippen molar-refractivity contribution in [3.63, 3.8) is 0 Å². The van der Waals surface area contributed by atoms with E-state index in [0.717, 1.165) is 40.8 Å². The van der Waals surface area contributed by atoms with Gasteiger partial charge in [-0.25, -0.2) is 0 Å². The van der Waals surface area contributed by atoms with Crippen LogP contribution in [0.3, 0.4) is 0 Å². The number of nitrogens with zero attached hydrogens (tertiary/aromatic N) is 1. The number of allylic oxidation sites excluding steroid dienone is 3. The number of carbonyl (C=O) groups excluding carboxylic acids is 2. The lowest BCUT2D eigenvalue weighted by atomic mass is 10.1. The Morgan fingerprint density at radius 3 is 2.37 bits per heavy atom. The molecule has 2 aromatic rings. The number of aliphatic hydroxyl groups is 1. The summed E-state index contributed by atoms with van der Waals surface area (Å²) in [6.07, 6.45) is 7.03. The Bertz CT molecular complexity index is 1230. The topological polar surface area (TPSA) is 176 Å². The minimum Gasteiger partial charge on any atom is -0.493 e. The van der Waals surface area contributed by atoms with E-state index in [-0.39, 0.29) is 42.3 Å². The number of hydrogen-bond acceptors (Lipinski definition) is 9. The number of nitrogens with one attached hydrogen (secondary N) is 3. The Kier molecular flexibility index (Phi) is 15.4. The van der Waals surface area contributed by atoms with Gasteiger partial charge in [0.1, 0.15) is 11.6 Å². The Morgan fingerprint density at radius 2 is 1.63 bits per heavy atom. The highest BCUT2D eigenvalue weighted by Crippen LogP contribution is 2.16. The lowest BCUT2D eigenvalue weighted by Gasteiger charge is -2.10. The first kappa shape index (κ1) is 33.1. The molecule has 0 aliphatic heterocycles. The third kappa shape index (κ3) is 14.8. The van der Waals surface area contributed by atoms with Crippen molar-refractivity contribution in [2.24, 2.45) is 16.5 Å². The molecule has 8 N–H and O–H groups in total. The average molecular weight is 581 g/mol. The fourth-order valence-electron chi connectivity index (χ4n) is 3.62. The first-order chi connectivity index (χ1) is 19.8. The number of rotatable bonds is 15. The van der Waals surface area contributed by atoms with Crippen molar-refractivity contribution in [2.45, 2.75) is 44.9 Å². The van der Waals surface area contributed by atoms with E-state index in [2.05, 4.69) is 15.6 Å². The predicted octanol–water partition coefficient (Wildman–Crippen LogP) is 3.36. The third-order valence-corrected chi connectivity index (χ3v) is 6.56. The van der Waals surface area contributed by atoms with Crippen molar-refractivity contribution in [3.8, 4) is 5.75 Å². The highest BCUT2D eigenvalue weighted by molar-refractivity contribution is 8.26. The molecule has 0 aliphatic rings. The molecule has 10 nitrogen and oxygen atoms in total. The molecule has 0 spiro atoms. The standard InChI is InChI=1S/C30H40N6O4S/c1-34-29(41-30(33)36-28(39)21-23-11-7-13-25(19-23)40-18-8-17-37)14-6-5-12-24(31)15-16-26(32)35-27(38)20-22-9-3-2-4-10-22/h2-4,7,9-11,13,15-16,19,37H,5-6,8,12,14,17-18,20-21,31-32H2,1H3,(H,35,38)(H2,33,36,39)/b24-15-,26-16+,34-29?. The van der Waals surface area contributed by atoms with E-state index >= 15 is 0 Å². The van der Waals surface area contributed by atoms with Gasteiger partial charge in [-0.05, 0) is 72.9 Å². The summed E-state index contributed by atoms with van der Waals surface area (Å²) >= 11 is 1.12. The van der Waals surface area contributed by atoms with Gasteiger partial charge in [-0.15, -0.1) is 0 Å². The zero-order valence-electron chi connectivity index (χ0n) is 23.4. The fourth-order valence-corrected chi connectivity index (χ4v) is 4.36. The van der Waals surface area contributed by atoms with Gasteiger partial charge in [-0.3, -0.25) is 20.0 Å². The number of thioether (sulfide) groups is 1. The summed E-state index contributed by atoms with van der Waals surface area (Å²) in [5, 5.41) is 23.0. The van der Waals surface area contributed by atoms with E-state index in [1.165, 1.54) is 0 Å². The van der Waals surface area contributed by atoms with Crippen molar-refractivity contribution in [1.29, 1.82) is 5.41 Å². The van der Waals surface area contributed by atoms with Crippen molar-refractivity contribution in [2.75, 3.05) is 20.3 Å². The van der Waals surface area contributed by atoms with Crippen LogP contribution in [0.5, 0.6) is 5.75 Å². The minimum atomic E-state index is -0.299. The Hall–Kier alpha value is -4.09. The zero-order valence-corrected chi connectivity index (χ0v) is 24.2. The molecule has 2 rings (SSSR count). The van der Waals surface area contributed by atoms with Gasteiger partial charge >= 0.3 is 0 Å².